The number of carbonyl (C=O) groups is 4. The van der Waals surface area contributed by atoms with E-state index in [2.05, 4.69) is 10.6 Å². The van der Waals surface area contributed by atoms with E-state index in [1.165, 1.54) is 0 Å². The van der Waals surface area contributed by atoms with Gasteiger partial charge < -0.3 is 15.4 Å². The van der Waals surface area contributed by atoms with Crippen LogP contribution < -0.4 is 15.4 Å². The van der Waals surface area contributed by atoms with Crippen LogP contribution in [0.5, 0.6) is 5.75 Å². The third kappa shape index (κ3) is 3.24. The van der Waals surface area contributed by atoms with Crippen molar-refractivity contribution in [2.24, 2.45) is 0 Å². The summed E-state index contributed by atoms with van der Waals surface area (Å²) in [5.74, 6) is -0.690. The summed E-state index contributed by atoms with van der Waals surface area (Å²) in [5, 5.41) is 5.53. The number of hydrogen-bond acceptors (Lipinski definition) is 5. The van der Waals surface area contributed by atoms with Gasteiger partial charge in [-0.3, -0.25) is 19.3 Å². The first-order valence-corrected chi connectivity index (χ1v) is 10.1. The second-order valence-corrected chi connectivity index (χ2v) is 7.74. The van der Waals surface area contributed by atoms with Crippen molar-refractivity contribution in [3.63, 3.8) is 0 Å². The van der Waals surface area contributed by atoms with Crippen molar-refractivity contribution in [2.45, 2.75) is 31.7 Å². The van der Waals surface area contributed by atoms with E-state index in [0.29, 0.717) is 29.0 Å². The van der Waals surface area contributed by atoms with E-state index in [1.54, 1.807) is 63.4 Å². The highest BCUT2D eigenvalue weighted by Gasteiger charge is 2.51. The Hall–Kier alpha value is -3.68. The fraction of sp³-hybridized carbons (Fsp3) is 0.304. The normalized spacial score (nSPS) is 22.2. The smallest absolute Gasteiger partial charge is 0.325 e. The third-order valence-electron chi connectivity index (χ3n) is 6.08. The number of ketones is 1. The first kappa shape index (κ1) is 20.6. The number of fused-ring (bicyclic) bond motifs is 1. The molecule has 8 nitrogen and oxygen atoms in total. The molecule has 1 fully saturated rings. The highest BCUT2D eigenvalue weighted by molar-refractivity contribution is 6.12. The minimum Gasteiger partial charge on any atom is -0.497 e. The molecule has 2 aliphatic rings. The number of Topliss-reactive ketones (excluding diaryl/α,β-unsaturated/α-hetero) is 1. The number of rotatable bonds is 6. The molecule has 160 valence electrons. The van der Waals surface area contributed by atoms with E-state index < -0.39 is 17.5 Å². The number of nitrogens with one attached hydrogen (secondary N) is 2. The predicted octanol–water partition coefficient (Wildman–Crippen LogP) is 2.79. The minimum atomic E-state index is -1.23. The second-order valence-electron chi connectivity index (χ2n) is 7.74. The van der Waals surface area contributed by atoms with E-state index in [0.717, 1.165) is 10.5 Å². The summed E-state index contributed by atoms with van der Waals surface area (Å²) in [5.41, 5.74) is 1.15. The van der Waals surface area contributed by atoms with Crippen LogP contribution in [-0.4, -0.2) is 42.2 Å². The SMILES string of the molecule is CC[C@]1(c2ccc(OC)cc2)NC(=O)N(CC(=O)c2ccc3c(c2)[C@@H](C)C(=O)N3)C1=O. The molecule has 4 amide bonds. The first-order chi connectivity index (χ1) is 14.8. The average Bonchev–Trinajstić information content (AvgIpc) is 3.21. The lowest BCUT2D eigenvalue weighted by molar-refractivity contribution is -0.131. The summed E-state index contributed by atoms with van der Waals surface area (Å²) in [6, 6.07) is 11.2. The average molecular weight is 421 g/mol. The molecule has 2 atom stereocenters. The monoisotopic (exact) mass is 421 g/mol. The molecule has 2 aromatic rings. The van der Waals surface area contributed by atoms with Crippen molar-refractivity contribution in [3.05, 3.63) is 59.2 Å². The Kier molecular flexibility index (Phi) is 5.00. The summed E-state index contributed by atoms with van der Waals surface area (Å²) in [6.07, 6.45) is 0.332. The predicted molar refractivity (Wildman–Crippen MR) is 113 cm³/mol. The molecular weight excluding hydrogens is 398 g/mol. The van der Waals surface area contributed by atoms with Gasteiger partial charge in [-0.2, -0.15) is 0 Å². The first-order valence-electron chi connectivity index (χ1n) is 10.1. The van der Waals surface area contributed by atoms with Gasteiger partial charge in [0, 0.05) is 11.3 Å². The van der Waals surface area contributed by atoms with Crippen molar-refractivity contribution in [2.75, 3.05) is 19.0 Å². The van der Waals surface area contributed by atoms with Gasteiger partial charge in [-0.05, 0) is 54.8 Å². The van der Waals surface area contributed by atoms with Gasteiger partial charge in [0.1, 0.15) is 11.3 Å². The zero-order chi connectivity index (χ0) is 22.3. The van der Waals surface area contributed by atoms with Crippen LogP contribution in [0.15, 0.2) is 42.5 Å². The maximum Gasteiger partial charge on any atom is 0.325 e. The van der Waals surface area contributed by atoms with Gasteiger partial charge in [-0.25, -0.2) is 4.79 Å². The van der Waals surface area contributed by atoms with E-state index in [9.17, 15) is 19.2 Å². The zero-order valence-corrected chi connectivity index (χ0v) is 17.5. The van der Waals surface area contributed by atoms with Gasteiger partial charge in [0.05, 0.1) is 19.6 Å². The van der Waals surface area contributed by atoms with Crippen LogP contribution in [0, 0.1) is 0 Å². The number of imide groups is 1. The number of anilines is 1. The molecule has 4 rings (SSSR count). The Morgan fingerprint density at radius 1 is 1.13 bits per heavy atom. The molecule has 0 saturated carbocycles. The second kappa shape index (κ2) is 7.54. The van der Waals surface area contributed by atoms with Crippen LogP contribution >= 0.6 is 0 Å². The number of nitrogens with zero attached hydrogens (tertiary/aromatic N) is 1. The third-order valence-corrected chi connectivity index (χ3v) is 6.08. The van der Waals surface area contributed by atoms with Crippen molar-refractivity contribution in [1.29, 1.82) is 0 Å². The lowest BCUT2D eigenvalue weighted by Crippen LogP contribution is -2.43. The summed E-state index contributed by atoms with van der Waals surface area (Å²) in [6.45, 7) is 3.19. The Balaban J connectivity index is 1.58. The zero-order valence-electron chi connectivity index (χ0n) is 17.5. The number of urea groups is 1. The molecule has 0 aliphatic carbocycles. The van der Waals surface area contributed by atoms with Gasteiger partial charge in [0.25, 0.3) is 5.91 Å². The van der Waals surface area contributed by atoms with Gasteiger partial charge in [0.15, 0.2) is 5.78 Å². The topological polar surface area (TPSA) is 105 Å². The van der Waals surface area contributed by atoms with Crippen LogP contribution in [-0.2, 0) is 15.1 Å². The van der Waals surface area contributed by atoms with Crippen molar-refractivity contribution < 1.29 is 23.9 Å². The standard InChI is InChI=1S/C23H23N3O5/c1-4-23(15-6-8-16(31-3)9-7-15)21(29)26(22(30)25-23)12-19(27)14-5-10-18-17(11-14)13(2)20(28)24-18/h5-11,13H,4,12H2,1-3H3,(H,24,28)(H,25,30)/t13-,23-/m1/s1. The summed E-state index contributed by atoms with van der Waals surface area (Å²) < 4.78 is 5.16. The molecule has 1 saturated heterocycles. The molecule has 0 bridgehead atoms. The number of hydrogen-bond donors (Lipinski definition) is 2. The molecule has 0 spiro atoms. The Bertz CT molecular complexity index is 1090. The largest absolute Gasteiger partial charge is 0.497 e. The molecule has 2 aromatic carbocycles. The minimum absolute atomic E-state index is 0.124. The molecule has 8 heteroatoms. The van der Waals surface area contributed by atoms with Crippen molar-refractivity contribution >= 4 is 29.3 Å². The lowest BCUT2D eigenvalue weighted by Gasteiger charge is -2.26. The number of ether oxygens (including phenoxy) is 1. The number of amides is 4. The number of benzene rings is 2. The highest BCUT2D eigenvalue weighted by Crippen LogP contribution is 2.35. The molecule has 31 heavy (non-hydrogen) atoms. The quantitative estimate of drug-likeness (QED) is 0.551. The van der Waals surface area contributed by atoms with Crippen molar-refractivity contribution in [3.8, 4) is 5.75 Å². The summed E-state index contributed by atoms with van der Waals surface area (Å²) >= 11 is 0. The van der Waals surface area contributed by atoms with Crippen LogP contribution in [0.4, 0.5) is 10.5 Å². The maximum absolute atomic E-state index is 13.3. The van der Waals surface area contributed by atoms with E-state index in [-0.39, 0.29) is 24.2 Å². The Morgan fingerprint density at radius 2 is 1.84 bits per heavy atom. The number of carbonyl (C=O) groups excluding carboxylic acids is 4. The fourth-order valence-corrected chi connectivity index (χ4v) is 4.11. The molecule has 2 N–H and O–H groups in total. The van der Waals surface area contributed by atoms with Gasteiger partial charge in [-0.1, -0.05) is 19.1 Å². The molecular formula is C23H23N3O5. The molecule has 0 radical (unpaired) electrons. The molecule has 0 aromatic heterocycles. The van der Waals surface area contributed by atoms with E-state index >= 15 is 0 Å². The van der Waals surface area contributed by atoms with E-state index in [1.807, 2.05) is 0 Å². The van der Waals surface area contributed by atoms with Crippen LogP contribution in [0.2, 0.25) is 0 Å². The van der Waals surface area contributed by atoms with Gasteiger partial charge >= 0.3 is 6.03 Å². The fourth-order valence-electron chi connectivity index (χ4n) is 4.11. The highest BCUT2D eigenvalue weighted by atomic mass is 16.5. The summed E-state index contributed by atoms with van der Waals surface area (Å²) in [4.78, 5) is 51.6. The maximum atomic E-state index is 13.3. The van der Waals surface area contributed by atoms with E-state index in [4.69, 9.17) is 4.74 Å². The van der Waals surface area contributed by atoms with Crippen LogP contribution in [0.1, 0.15) is 47.7 Å². The molecule has 2 aliphatic heterocycles. The number of methoxy groups -OCH3 is 1. The Labute approximate surface area is 179 Å². The lowest BCUT2D eigenvalue weighted by atomic mass is 9.87. The molecule has 2 heterocycles. The van der Waals surface area contributed by atoms with Crippen LogP contribution in [0.25, 0.3) is 0 Å². The van der Waals surface area contributed by atoms with Gasteiger partial charge in [0.2, 0.25) is 5.91 Å². The van der Waals surface area contributed by atoms with Gasteiger partial charge in [-0.15, -0.1) is 0 Å². The molecule has 0 unspecified atom stereocenters. The van der Waals surface area contributed by atoms with Crippen molar-refractivity contribution in [1.82, 2.24) is 10.2 Å². The van der Waals surface area contributed by atoms with Crippen LogP contribution in [0.3, 0.4) is 0 Å². The summed E-state index contributed by atoms with van der Waals surface area (Å²) in [7, 11) is 1.55. The Morgan fingerprint density at radius 3 is 2.48 bits per heavy atom.